The van der Waals surface area contributed by atoms with Crippen molar-refractivity contribution in [2.75, 3.05) is 4.43 Å². The van der Waals surface area contributed by atoms with Crippen molar-refractivity contribution in [3.63, 3.8) is 0 Å². The summed E-state index contributed by atoms with van der Waals surface area (Å²) in [5.74, 6) is 2.58. The molecule has 4 atom stereocenters. The fraction of sp³-hybridized carbons (Fsp3) is 1.00. The molecule has 0 unspecified atom stereocenters. The highest BCUT2D eigenvalue weighted by Gasteiger charge is 2.59. The molecule has 5 fully saturated rings. The first kappa shape index (κ1) is 13.3. The molecule has 5 aliphatic rings. The third-order valence-electron chi connectivity index (χ3n) is 6.20. The summed E-state index contributed by atoms with van der Waals surface area (Å²) in [6.45, 7) is 0. The predicted octanol–water partition coefficient (Wildman–Crippen LogP) is 2.13. The largest absolute Gasteiger partial charge is 0.388 e. The fourth-order valence-electron chi connectivity index (χ4n) is 5.91. The summed E-state index contributed by atoms with van der Waals surface area (Å²) in [6, 6.07) is 0. The maximum Gasteiger partial charge on any atom is 0.109 e. The van der Waals surface area contributed by atoms with Crippen molar-refractivity contribution >= 4 is 22.6 Å². The Labute approximate surface area is 128 Å². The van der Waals surface area contributed by atoms with Gasteiger partial charge in [0.2, 0.25) is 0 Å². The first-order chi connectivity index (χ1) is 9.11. The van der Waals surface area contributed by atoms with E-state index in [2.05, 4.69) is 22.6 Å². The lowest BCUT2D eigenvalue weighted by Gasteiger charge is -2.59. The Morgan fingerprint density at radius 1 is 0.947 bits per heavy atom. The van der Waals surface area contributed by atoms with E-state index in [0.717, 1.165) is 22.2 Å². The third kappa shape index (κ3) is 1.93. The van der Waals surface area contributed by atoms with Crippen LogP contribution in [0.25, 0.3) is 0 Å². The normalized spacial score (nSPS) is 59.8. The number of rotatable bonds is 2. The van der Waals surface area contributed by atoms with Crippen molar-refractivity contribution in [2.24, 2.45) is 23.2 Å². The minimum Gasteiger partial charge on any atom is -0.388 e. The topological polar surface area (TPSA) is 49.7 Å². The molecule has 108 valence electrons. The molecule has 4 heteroatoms. The average Bonchev–Trinajstić information content (AvgIpc) is 2.65. The van der Waals surface area contributed by atoms with Crippen LogP contribution in [0, 0.1) is 23.2 Å². The lowest BCUT2D eigenvalue weighted by molar-refractivity contribution is -0.154. The lowest BCUT2D eigenvalue weighted by Crippen LogP contribution is -2.54. The lowest BCUT2D eigenvalue weighted by atomic mass is 9.48. The monoisotopic (exact) mass is 378 g/mol. The molecule has 4 aliphatic carbocycles. The molecular weight excluding hydrogens is 355 g/mol. The number of aliphatic hydroxyl groups excluding tert-OH is 2. The van der Waals surface area contributed by atoms with Crippen LogP contribution in [0.2, 0.25) is 0 Å². The van der Waals surface area contributed by atoms with Crippen LogP contribution in [0.4, 0.5) is 0 Å². The molecule has 0 amide bonds. The Morgan fingerprint density at radius 2 is 1.47 bits per heavy atom. The smallest absolute Gasteiger partial charge is 0.109 e. The quantitative estimate of drug-likeness (QED) is 0.572. The van der Waals surface area contributed by atoms with Gasteiger partial charge in [-0.15, -0.1) is 0 Å². The summed E-state index contributed by atoms with van der Waals surface area (Å²) in [5.41, 5.74) is 0.176. The van der Waals surface area contributed by atoms with Gasteiger partial charge in [-0.05, 0) is 56.3 Å². The fourth-order valence-corrected chi connectivity index (χ4v) is 6.64. The Hall–Kier alpha value is 0.610. The summed E-state index contributed by atoms with van der Waals surface area (Å²) in [5, 5.41) is 20.6. The third-order valence-corrected chi connectivity index (χ3v) is 7.07. The van der Waals surface area contributed by atoms with Crippen LogP contribution in [0.15, 0.2) is 0 Å². The minimum atomic E-state index is -0.685. The first-order valence-electron chi connectivity index (χ1n) is 7.69. The van der Waals surface area contributed by atoms with Crippen molar-refractivity contribution in [3.8, 4) is 0 Å². The molecule has 5 rings (SSSR count). The Kier molecular flexibility index (Phi) is 3.18. The molecule has 4 bridgehead atoms. The number of aliphatic hydroxyl groups is 2. The molecule has 19 heavy (non-hydrogen) atoms. The van der Waals surface area contributed by atoms with Crippen LogP contribution in [0.3, 0.4) is 0 Å². The van der Waals surface area contributed by atoms with Crippen molar-refractivity contribution < 1.29 is 14.9 Å². The van der Waals surface area contributed by atoms with Crippen molar-refractivity contribution in [1.82, 2.24) is 0 Å². The average molecular weight is 378 g/mol. The van der Waals surface area contributed by atoms with Gasteiger partial charge in [-0.3, -0.25) is 0 Å². The molecule has 0 radical (unpaired) electrons. The molecule has 1 aliphatic heterocycles. The Morgan fingerprint density at radius 3 is 1.89 bits per heavy atom. The number of alkyl halides is 1. The highest BCUT2D eigenvalue weighted by atomic mass is 127. The van der Waals surface area contributed by atoms with Crippen LogP contribution >= 0.6 is 22.6 Å². The van der Waals surface area contributed by atoms with Crippen LogP contribution in [-0.4, -0.2) is 39.1 Å². The molecule has 0 spiro atoms. The number of ether oxygens (including phenoxy) is 1. The number of halogens is 1. The van der Waals surface area contributed by atoms with Gasteiger partial charge in [-0.1, -0.05) is 22.6 Å². The van der Waals surface area contributed by atoms with Crippen molar-refractivity contribution in [3.05, 3.63) is 0 Å². The van der Waals surface area contributed by atoms with Gasteiger partial charge in [-0.2, -0.15) is 0 Å². The highest BCUT2D eigenvalue weighted by molar-refractivity contribution is 14.1. The molecular formula is C15H23IO3. The van der Waals surface area contributed by atoms with Crippen LogP contribution in [-0.2, 0) is 4.74 Å². The molecule has 3 nitrogen and oxygen atoms in total. The predicted molar refractivity (Wildman–Crippen MR) is 80.2 cm³/mol. The highest BCUT2D eigenvalue weighted by Crippen LogP contribution is 2.63. The van der Waals surface area contributed by atoms with E-state index in [0.29, 0.717) is 0 Å². The van der Waals surface area contributed by atoms with Crippen LogP contribution < -0.4 is 0 Å². The van der Waals surface area contributed by atoms with Gasteiger partial charge in [0.15, 0.2) is 0 Å². The van der Waals surface area contributed by atoms with E-state index in [1.54, 1.807) is 0 Å². The molecule has 1 saturated heterocycles. The van der Waals surface area contributed by atoms with Gasteiger partial charge in [0, 0.05) is 9.84 Å². The Bertz CT molecular complexity index is 337. The second-order valence-electron chi connectivity index (χ2n) is 7.51. The summed E-state index contributed by atoms with van der Waals surface area (Å²) in [4.78, 5) is 0. The van der Waals surface area contributed by atoms with Gasteiger partial charge < -0.3 is 14.9 Å². The van der Waals surface area contributed by atoms with Crippen molar-refractivity contribution in [1.29, 1.82) is 0 Å². The van der Waals surface area contributed by atoms with Crippen molar-refractivity contribution in [2.45, 2.75) is 62.9 Å². The van der Waals surface area contributed by atoms with E-state index >= 15 is 0 Å². The van der Waals surface area contributed by atoms with E-state index in [-0.39, 0.29) is 17.6 Å². The summed E-state index contributed by atoms with van der Waals surface area (Å²) in [7, 11) is 0. The van der Waals surface area contributed by atoms with E-state index in [1.165, 1.54) is 38.5 Å². The van der Waals surface area contributed by atoms with E-state index in [9.17, 15) is 10.2 Å². The Balaban J connectivity index is 1.62. The van der Waals surface area contributed by atoms with Gasteiger partial charge in [0.1, 0.15) is 12.2 Å². The first-order valence-corrected chi connectivity index (χ1v) is 9.21. The molecule has 0 aromatic rings. The van der Waals surface area contributed by atoms with E-state index in [1.807, 2.05) is 0 Å². The molecule has 4 saturated carbocycles. The zero-order valence-electron chi connectivity index (χ0n) is 11.2. The van der Waals surface area contributed by atoms with E-state index < -0.39 is 12.2 Å². The molecule has 2 N–H and O–H groups in total. The second-order valence-corrected chi connectivity index (χ2v) is 8.39. The zero-order chi connectivity index (χ0) is 13.2. The molecule has 0 aromatic heterocycles. The standard InChI is InChI=1S/C15H23IO3/c16-7-11-12(17)13(18)14(19-11)15-4-8-1-9(5-15)3-10(2-8)6-15/h8-14,17-18H,1-7H2/t8?,9?,10?,11-,12-,13-,14-,15?/m1/s1. The van der Waals surface area contributed by atoms with Gasteiger partial charge >= 0.3 is 0 Å². The maximum atomic E-state index is 10.4. The van der Waals surface area contributed by atoms with Crippen LogP contribution in [0.1, 0.15) is 38.5 Å². The minimum absolute atomic E-state index is 0.115. The second kappa shape index (κ2) is 4.55. The number of hydrogen-bond donors (Lipinski definition) is 2. The van der Waals surface area contributed by atoms with Crippen LogP contribution in [0.5, 0.6) is 0 Å². The van der Waals surface area contributed by atoms with Gasteiger partial charge in [0.05, 0.1) is 12.2 Å². The zero-order valence-corrected chi connectivity index (χ0v) is 13.3. The van der Waals surface area contributed by atoms with Gasteiger partial charge in [0.25, 0.3) is 0 Å². The summed E-state index contributed by atoms with van der Waals surface area (Å²) in [6.07, 6.45) is 6.24. The molecule has 1 heterocycles. The van der Waals surface area contributed by atoms with Gasteiger partial charge in [-0.25, -0.2) is 0 Å². The van der Waals surface area contributed by atoms with E-state index in [4.69, 9.17) is 4.74 Å². The summed E-state index contributed by atoms with van der Waals surface area (Å²) < 4.78 is 6.88. The summed E-state index contributed by atoms with van der Waals surface area (Å²) >= 11 is 2.25. The molecule has 0 aromatic carbocycles. The number of hydrogen-bond acceptors (Lipinski definition) is 3. The SMILES string of the molecule is O[C@@H]1[C@H](O)[C@@H](CI)O[C@H]1C12CC3CC(CC(C3)C1)C2. The maximum absolute atomic E-state index is 10.4.